The van der Waals surface area contributed by atoms with Gasteiger partial charge in [0.2, 0.25) is 0 Å². The Morgan fingerprint density at radius 2 is 2.33 bits per heavy atom. The number of nitrogens with zero attached hydrogens (tertiary/aromatic N) is 1. The van der Waals surface area contributed by atoms with Gasteiger partial charge in [0, 0.05) is 19.7 Å². The minimum atomic E-state index is -3.93. The van der Waals surface area contributed by atoms with Crippen molar-refractivity contribution in [3.63, 3.8) is 0 Å². The molecule has 1 heterocycles. The Morgan fingerprint density at radius 1 is 1.67 bits per heavy atom. The largest absolute Gasteiger partial charge is 0.464 e. The van der Waals surface area contributed by atoms with E-state index in [2.05, 4.69) is 0 Å². The molecule has 0 radical (unpaired) electrons. The Morgan fingerprint density at radius 3 is 2.87 bits per heavy atom. The average Bonchev–Trinajstić information content (AvgIpc) is 2.51. The number of carboxylic acid groups (broad SMARTS) is 1. The molecule has 0 unspecified atom stereocenters. The third kappa shape index (κ3) is 3.05. The Hall–Kier alpha value is -0.860. The van der Waals surface area contributed by atoms with Crippen molar-refractivity contribution in [1.82, 2.24) is 9.03 Å². The second-order valence-corrected chi connectivity index (χ2v) is 4.90. The van der Waals surface area contributed by atoms with Crippen LogP contribution in [0.15, 0.2) is 0 Å². The van der Waals surface area contributed by atoms with Crippen LogP contribution >= 0.6 is 0 Å². The fraction of sp³-hybridized carbons (Fsp3) is 0.857. The number of rotatable bonds is 4. The molecule has 1 fully saturated rings. The van der Waals surface area contributed by atoms with E-state index in [0.29, 0.717) is 19.4 Å². The summed E-state index contributed by atoms with van der Waals surface area (Å²) in [5, 5.41) is 8.38. The Labute approximate surface area is 88.2 Å². The number of hydrogen-bond acceptors (Lipinski definition) is 4. The SMILES string of the molecule is COC[C@H]1CCCN1S(=O)(=O)NC(=O)O. The normalized spacial score (nSPS) is 22.9. The highest BCUT2D eigenvalue weighted by atomic mass is 32.2. The van der Waals surface area contributed by atoms with Crippen molar-refractivity contribution in [3.05, 3.63) is 0 Å². The van der Waals surface area contributed by atoms with Gasteiger partial charge in [0.05, 0.1) is 6.61 Å². The lowest BCUT2D eigenvalue weighted by molar-refractivity contribution is 0.148. The molecule has 0 aromatic carbocycles. The van der Waals surface area contributed by atoms with E-state index in [4.69, 9.17) is 9.84 Å². The van der Waals surface area contributed by atoms with Crippen molar-refractivity contribution in [1.29, 1.82) is 0 Å². The Balaban J connectivity index is 2.73. The number of amides is 1. The third-order valence-electron chi connectivity index (χ3n) is 2.21. The van der Waals surface area contributed by atoms with Crippen molar-refractivity contribution in [2.45, 2.75) is 18.9 Å². The summed E-state index contributed by atoms with van der Waals surface area (Å²) in [5.41, 5.74) is 0. The van der Waals surface area contributed by atoms with E-state index in [1.54, 1.807) is 0 Å². The molecule has 1 amide bonds. The summed E-state index contributed by atoms with van der Waals surface area (Å²) in [6.45, 7) is 0.608. The standard InChI is InChI=1S/C7H14N2O5S/c1-14-5-6-3-2-4-9(6)15(12,13)8-7(10)11/h6,8H,2-5H2,1H3,(H,10,11)/t6-/m1/s1. The summed E-state index contributed by atoms with van der Waals surface area (Å²) in [4.78, 5) is 10.3. The first kappa shape index (κ1) is 12.2. The highest BCUT2D eigenvalue weighted by Gasteiger charge is 2.34. The van der Waals surface area contributed by atoms with Crippen molar-refractivity contribution in [3.8, 4) is 0 Å². The quantitative estimate of drug-likeness (QED) is 0.695. The van der Waals surface area contributed by atoms with Gasteiger partial charge in [-0.1, -0.05) is 0 Å². The van der Waals surface area contributed by atoms with Gasteiger partial charge in [0.25, 0.3) is 0 Å². The molecule has 1 aliphatic rings. The molecule has 1 atom stereocenters. The van der Waals surface area contributed by atoms with Crippen molar-refractivity contribution in [2.24, 2.45) is 0 Å². The lowest BCUT2D eigenvalue weighted by Crippen LogP contribution is -2.46. The molecule has 7 nitrogen and oxygen atoms in total. The lowest BCUT2D eigenvalue weighted by atomic mass is 10.2. The third-order valence-corrected chi connectivity index (χ3v) is 3.74. The number of carbonyl (C=O) groups is 1. The summed E-state index contributed by atoms with van der Waals surface area (Å²) in [6.07, 6.45) is -0.166. The zero-order chi connectivity index (χ0) is 11.5. The summed E-state index contributed by atoms with van der Waals surface area (Å²) in [6, 6.07) is -0.271. The number of ether oxygens (including phenoxy) is 1. The first-order valence-electron chi connectivity index (χ1n) is 4.49. The predicted octanol–water partition coefficient (Wildman–Crippen LogP) is -0.390. The molecule has 8 heteroatoms. The summed E-state index contributed by atoms with van der Waals surface area (Å²) in [5.74, 6) is 0. The van der Waals surface area contributed by atoms with Gasteiger partial charge in [0.1, 0.15) is 0 Å². The Kier molecular flexibility index (Phi) is 3.89. The molecule has 0 aromatic heterocycles. The summed E-state index contributed by atoms with van der Waals surface area (Å²) < 4.78 is 30.5. The number of methoxy groups -OCH3 is 1. The van der Waals surface area contributed by atoms with Crippen LogP contribution in [0.25, 0.3) is 0 Å². The Bertz CT molecular complexity index is 328. The van der Waals surface area contributed by atoms with E-state index in [9.17, 15) is 13.2 Å². The van der Waals surface area contributed by atoms with Crippen LogP contribution in [-0.4, -0.2) is 50.2 Å². The maximum Gasteiger partial charge on any atom is 0.419 e. The van der Waals surface area contributed by atoms with Gasteiger partial charge in [-0.3, -0.25) is 0 Å². The van der Waals surface area contributed by atoms with Crippen LogP contribution < -0.4 is 4.72 Å². The van der Waals surface area contributed by atoms with Gasteiger partial charge in [-0.05, 0) is 12.8 Å². The molecule has 0 saturated carbocycles. The first-order valence-corrected chi connectivity index (χ1v) is 5.93. The van der Waals surface area contributed by atoms with Crippen LogP contribution in [0.5, 0.6) is 0 Å². The zero-order valence-electron chi connectivity index (χ0n) is 8.34. The topological polar surface area (TPSA) is 95.9 Å². The number of nitrogens with one attached hydrogen (secondary N) is 1. The molecule has 15 heavy (non-hydrogen) atoms. The maximum absolute atomic E-state index is 11.5. The second kappa shape index (κ2) is 4.77. The van der Waals surface area contributed by atoms with Crippen LogP contribution in [0.2, 0.25) is 0 Å². The first-order chi connectivity index (χ1) is 6.97. The van der Waals surface area contributed by atoms with E-state index in [0.717, 1.165) is 4.31 Å². The van der Waals surface area contributed by atoms with Crippen LogP contribution in [0, 0.1) is 0 Å². The molecule has 1 rings (SSSR count). The summed E-state index contributed by atoms with van der Waals surface area (Å²) >= 11 is 0. The lowest BCUT2D eigenvalue weighted by Gasteiger charge is -2.22. The average molecular weight is 238 g/mol. The van der Waals surface area contributed by atoms with Crippen LogP contribution in [-0.2, 0) is 14.9 Å². The maximum atomic E-state index is 11.5. The van der Waals surface area contributed by atoms with Gasteiger partial charge in [-0.15, -0.1) is 0 Å². The highest BCUT2D eigenvalue weighted by Crippen LogP contribution is 2.20. The molecule has 2 N–H and O–H groups in total. The molecular formula is C7H14N2O5S. The van der Waals surface area contributed by atoms with Gasteiger partial charge >= 0.3 is 16.3 Å². The van der Waals surface area contributed by atoms with E-state index < -0.39 is 16.3 Å². The highest BCUT2D eigenvalue weighted by molar-refractivity contribution is 7.87. The van der Waals surface area contributed by atoms with Gasteiger partial charge in [-0.25, -0.2) is 9.52 Å². The van der Waals surface area contributed by atoms with E-state index in [1.165, 1.54) is 11.8 Å². The zero-order valence-corrected chi connectivity index (χ0v) is 9.16. The molecule has 1 aliphatic heterocycles. The van der Waals surface area contributed by atoms with Crippen molar-refractivity contribution >= 4 is 16.3 Å². The van der Waals surface area contributed by atoms with Gasteiger partial charge in [-0.2, -0.15) is 12.7 Å². The fourth-order valence-corrected chi connectivity index (χ4v) is 2.92. The van der Waals surface area contributed by atoms with Crippen LogP contribution in [0.4, 0.5) is 4.79 Å². The molecule has 0 bridgehead atoms. The van der Waals surface area contributed by atoms with E-state index >= 15 is 0 Å². The molecule has 0 aromatic rings. The van der Waals surface area contributed by atoms with Crippen molar-refractivity contribution in [2.75, 3.05) is 20.3 Å². The van der Waals surface area contributed by atoms with Gasteiger partial charge in [0.15, 0.2) is 0 Å². The van der Waals surface area contributed by atoms with Crippen LogP contribution in [0.3, 0.4) is 0 Å². The molecule has 88 valence electrons. The minimum Gasteiger partial charge on any atom is -0.464 e. The van der Waals surface area contributed by atoms with E-state index in [-0.39, 0.29) is 12.6 Å². The smallest absolute Gasteiger partial charge is 0.419 e. The van der Waals surface area contributed by atoms with Gasteiger partial charge < -0.3 is 9.84 Å². The van der Waals surface area contributed by atoms with Crippen molar-refractivity contribution < 1.29 is 23.1 Å². The molecule has 1 saturated heterocycles. The number of hydrogen-bond donors (Lipinski definition) is 2. The van der Waals surface area contributed by atoms with E-state index in [1.807, 2.05) is 0 Å². The predicted molar refractivity (Wildman–Crippen MR) is 51.7 cm³/mol. The monoisotopic (exact) mass is 238 g/mol. The summed E-state index contributed by atoms with van der Waals surface area (Å²) in [7, 11) is -2.45. The molecule has 0 spiro atoms. The molecular weight excluding hydrogens is 224 g/mol. The second-order valence-electron chi connectivity index (χ2n) is 3.27. The molecule has 0 aliphatic carbocycles. The minimum absolute atomic E-state index is 0.271. The fourth-order valence-electron chi connectivity index (χ4n) is 1.65. The van der Waals surface area contributed by atoms with Crippen LogP contribution in [0.1, 0.15) is 12.8 Å².